The molecule has 0 unspecified atom stereocenters. The summed E-state index contributed by atoms with van der Waals surface area (Å²) in [7, 11) is 0. The van der Waals surface area contributed by atoms with Crippen molar-refractivity contribution in [2.75, 3.05) is 0 Å². The second-order valence-corrected chi connectivity index (χ2v) is 3.81. The lowest BCUT2D eigenvalue weighted by atomic mass is 10.1. The Hall–Kier alpha value is -2.34. The number of amides is 1. The van der Waals surface area contributed by atoms with E-state index in [1.807, 2.05) is 6.92 Å². The number of aryl methyl sites for hydroxylation is 1. The molecule has 2 aromatic rings. The number of nitrogens with one attached hydrogen (secondary N) is 1. The minimum atomic E-state index is -1.05. The summed E-state index contributed by atoms with van der Waals surface area (Å²) in [6.45, 7) is 2.54. The monoisotopic (exact) mass is 248 g/mol. The maximum Gasteiger partial charge on any atom is 0.337 e. The first-order valence-electron chi connectivity index (χ1n) is 5.39. The van der Waals surface area contributed by atoms with Crippen LogP contribution >= 0.6 is 0 Å². The Kier molecular flexibility index (Phi) is 3.03. The van der Waals surface area contributed by atoms with Crippen LogP contribution in [0, 0.1) is 0 Å². The molecule has 1 heterocycles. The van der Waals surface area contributed by atoms with Gasteiger partial charge in [0, 0.05) is 29.2 Å². The lowest BCUT2D eigenvalue weighted by Gasteiger charge is -2.02. The first-order valence-corrected chi connectivity index (χ1v) is 5.39. The van der Waals surface area contributed by atoms with Crippen LogP contribution in [0.1, 0.15) is 27.6 Å². The standard InChI is InChI=1S/C12H12N2O4/c1-2-14-6-9(12(16)17)8-5-7(11(15)13-18)3-4-10(8)14/h3-6,18H,2H2,1H3,(H,13,15)(H,16,17). The van der Waals surface area contributed by atoms with E-state index in [1.165, 1.54) is 23.8 Å². The van der Waals surface area contributed by atoms with Gasteiger partial charge in [0.1, 0.15) is 0 Å². The first kappa shape index (κ1) is 12.1. The molecule has 94 valence electrons. The Morgan fingerprint density at radius 2 is 2.11 bits per heavy atom. The highest BCUT2D eigenvalue weighted by molar-refractivity contribution is 6.06. The Morgan fingerprint density at radius 1 is 1.39 bits per heavy atom. The van der Waals surface area contributed by atoms with Crippen molar-refractivity contribution >= 4 is 22.8 Å². The molecule has 0 saturated heterocycles. The van der Waals surface area contributed by atoms with Crippen LogP contribution in [-0.4, -0.2) is 26.8 Å². The van der Waals surface area contributed by atoms with E-state index >= 15 is 0 Å². The fourth-order valence-electron chi connectivity index (χ4n) is 1.93. The van der Waals surface area contributed by atoms with Crippen LogP contribution in [0.2, 0.25) is 0 Å². The number of carbonyl (C=O) groups is 2. The average molecular weight is 248 g/mol. The molecule has 2 rings (SSSR count). The zero-order chi connectivity index (χ0) is 13.3. The predicted molar refractivity (Wildman–Crippen MR) is 63.8 cm³/mol. The normalized spacial score (nSPS) is 10.6. The van der Waals surface area contributed by atoms with Crippen molar-refractivity contribution < 1.29 is 19.9 Å². The van der Waals surface area contributed by atoms with Gasteiger partial charge in [0.2, 0.25) is 0 Å². The number of nitrogens with zero attached hydrogens (tertiary/aromatic N) is 1. The van der Waals surface area contributed by atoms with Crippen molar-refractivity contribution in [1.82, 2.24) is 10.0 Å². The van der Waals surface area contributed by atoms with E-state index in [0.717, 1.165) is 5.52 Å². The van der Waals surface area contributed by atoms with Crippen LogP contribution in [0.15, 0.2) is 24.4 Å². The smallest absolute Gasteiger partial charge is 0.337 e. The Bertz CT molecular complexity index is 630. The van der Waals surface area contributed by atoms with Crippen LogP contribution in [0.5, 0.6) is 0 Å². The number of carbonyl (C=O) groups excluding carboxylic acids is 1. The first-order chi connectivity index (χ1) is 8.58. The quantitative estimate of drug-likeness (QED) is 0.566. The molecule has 3 N–H and O–H groups in total. The van der Waals surface area contributed by atoms with Crippen molar-refractivity contribution in [3.63, 3.8) is 0 Å². The van der Waals surface area contributed by atoms with Crippen molar-refractivity contribution in [1.29, 1.82) is 0 Å². The Labute approximate surface area is 102 Å². The average Bonchev–Trinajstić information content (AvgIpc) is 2.75. The molecule has 0 radical (unpaired) electrons. The maximum absolute atomic E-state index is 11.3. The van der Waals surface area contributed by atoms with E-state index < -0.39 is 11.9 Å². The van der Waals surface area contributed by atoms with E-state index in [9.17, 15) is 9.59 Å². The molecule has 6 nitrogen and oxygen atoms in total. The molecule has 0 aliphatic heterocycles. The van der Waals surface area contributed by atoms with Gasteiger partial charge < -0.3 is 9.67 Å². The highest BCUT2D eigenvalue weighted by Crippen LogP contribution is 2.23. The summed E-state index contributed by atoms with van der Waals surface area (Å²) in [6.07, 6.45) is 1.54. The molecule has 0 fully saturated rings. The topological polar surface area (TPSA) is 91.6 Å². The molecule has 6 heteroatoms. The summed E-state index contributed by atoms with van der Waals surface area (Å²) < 4.78 is 1.79. The summed E-state index contributed by atoms with van der Waals surface area (Å²) in [5, 5.41) is 18.2. The molecular weight excluding hydrogens is 236 g/mol. The number of hydrogen-bond acceptors (Lipinski definition) is 3. The van der Waals surface area contributed by atoms with Crippen LogP contribution < -0.4 is 5.48 Å². The van der Waals surface area contributed by atoms with Gasteiger partial charge in [-0.25, -0.2) is 10.3 Å². The molecule has 0 spiro atoms. The van der Waals surface area contributed by atoms with Gasteiger partial charge in [0.05, 0.1) is 5.56 Å². The minimum absolute atomic E-state index is 0.138. The summed E-state index contributed by atoms with van der Waals surface area (Å²) in [5.74, 6) is -1.72. The van der Waals surface area contributed by atoms with Gasteiger partial charge in [-0.3, -0.25) is 10.0 Å². The number of hydroxylamine groups is 1. The van der Waals surface area contributed by atoms with Gasteiger partial charge in [-0.2, -0.15) is 0 Å². The van der Waals surface area contributed by atoms with Crippen LogP contribution in [0.3, 0.4) is 0 Å². The van der Waals surface area contributed by atoms with Crippen LogP contribution in [0.25, 0.3) is 10.9 Å². The number of benzene rings is 1. The van der Waals surface area contributed by atoms with Gasteiger partial charge in [0.25, 0.3) is 5.91 Å². The predicted octanol–water partition coefficient (Wildman–Crippen LogP) is 1.48. The number of rotatable bonds is 3. The third-order valence-corrected chi connectivity index (χ3v) is 2.82. The van der Waals surface area contributed by atoms with E-state index in [2.05, 4.69) is 0 Å². The van der Waals surface area contributed by atoms with Crippen molar-refractivity contribution in [3.8, 4) is 0 Å². The van der Waals surface area contributed by atoms with Crippen molar-refractivity contribution in [2.24, 2.45) is 0 Å². The Balaban J connectivity index is 2.70. The minimum Gasteiger partial charge on any atom is -0.478 e. The molecule has 0 atom stereocenters. The number of fused-ring (bicyclic) bond motifs is 1. The molecule has 0 saturated carbocycles. The molecule has 1 aromatic heterocycles. The lowest BCUT2D eigenvalue weighted by Crippen LogP contribution is -2.18. The second-order valence-electron chi connectivity index (χ2n) is 3.81. The zero-order valence-electron chi connectivity index (χ0n) is 9.67. The van der Waals surface area contributed by atoms with Gasteiger partial charge >= 0.3 is 5.97 Å². The summed E-state index contributed by atoms with van der Waals surface area (Å²) in [6, 6.07) is 4.65. The number of hydrogen-bond donors (Lipinski definition) is 3. The van der Waals surface area contributed by atoms with Gasteiger partial charge in [-0.1, -0.05) is 0 Å². The van der Waals surface area contributed by atoms with Crippen LogP contribution in [0.4, 0.5) is 0 Å². The maximum atomic E-state index is 11.3. The van der Waals surface area contributed by atoms with E-state index in [0.29, 0.717) is 11.9 Å². The number of aromatic nitrogens is 1. The summed E-state index contributed by atoms with van der Waals surface area (Å²) in [4.78, 5) is 22.4. The zero-order valence-corrected chi connectivity index (χ0v) is 9.67. The fourth-order valence-corrected chi connectivity index (χ4v) is 1.93. The molecule has 0 aliphatic rings. The highest BCUT2D eigenvalue weighted by Gasteiger charge is 2.15. The molecule has 0 aliphatic carbocycles. The highest BCUT2D eigenvalue weighted by atomic mass is 16.5. The molecule has 1 amide bonds. The Morgan fingerprint density at radius 3 is 2.67 bits per heavy atom. The SMILES string of the molecule is CCn1cc(C(=O)O)c2cc(C(=O)NO)ccc21. The van der Waals surface area contributed by atoms with Crippen molar-refractivity contribution in [3.05, 3.63) is 35.5 Å². The van der Waals surface area contributed by atoms with E-state index in [1.54, 1.807) is 10.6 Å². The second kappa shape index (κ2) is 4.50. The summed E-state index contributed by atoms with van der Waals surface area (Å²) >= 11 is 0. The van der Waals surface area contributed by atoms with E-state index in [4.69, 9.17) is 10.3 Å². The molecule has 1 aromatic carbocycles. The number of carboxylic acid groups (broad SMARTS) is 1. The van der Waals surface area contributed by atoms with Crippen LogP contribution in [-0.2, 0) is 6.54 Å². The van der Waals surface area contributed by atoms with Crippen molar-refractivity contribution in [2.45, 2.75) is 13.5 Å². The van der Waals surface area contributed by atoms with Gasteiger partial charge in [-0.15, -0.1) is 0 Å². The molecule has 18 heavy (non-hydrogen) atoms. The third-order valence-electron chi connectivity index (χ3n) is 2.82. The van der Waals surface area contributed by atoms with Gasteiger partial charge in [0.15, 0.2) is 0 Å². The molecular formula is C12H12N2O4. The van der Waals surface area contributed by atoms with Gasteiger partial charge in [-0.05, 0) is 25.1 Å². The molecule has 0 bridgehead atoms. The number of aromatic carboxylic acids is 1. The summed E-state index contributed by atoms with van der Waals surface area (Å²) in [5.41, 5.74) is 2.61. The number of carboxylic acids is 1. The third kappa shape index (κ3) is 1.82. The largest absolute Gasteiger partial charge is 0.478 e. The fraction of sp³-hybridized carbons (Fsp3) is 0.167. The lowest BCUT2D eigenvalue weighted by molar-refractivity contribution is 0.0693. The van der Waals surface area contributed by atoms with E-state index in [-0.39, 0.29) is 11.1 Å².